The van der Waals surface area contributed by atoms with Gasteiger partial charge in [0.1, 0.15) is 23.3 Å². The standard InChI is InChI=1S/C18H16F3N5O3/c1-9(10-6-7-24-13(8-10)15(22)23)14-16(27)26(17(28)25-14)11-2-4-12(5-3-11)29-18(19,20)21/h2-9,14H,1H3,(H3,22,23)(H,25,28). The highest BCUT2D eigenvalue weighted by atomic mass is 19.4. The zero-order chi connectivity index (χ0) is 21.3. The van der Waals surface area contributed by atoms with Crippen LogP contribution in [0, 0.1) is 5.41 Å². The Hall–Kier alpha value is -3.63. The minimum atomic E-state index is -4.84. The van der Waals surface area contributed by atoms with Crippen LogP contribution in [0.25, 0.3) is 0 Å². The predicted octanol–water partition coefficient (Wildman–Crippen LogP) is 2.49. The van der Waals surface area contributed by atoms with Crippen molar-refractivity contribution in [1.29, 1.82) is 5.41 Å². The molecule has 1 aliphatic heterocycles. The Kier molecular flexibility index (Phi) is 5.14. The quantitative estimate of drug-likeness (QED) is 0.399. The number of benzene rings is 1. The van der Waals surface area contributed by atoms with Crippen molar-refractivity contribution in [3.63, 3.8) is 0 Å². The van der Waals surface area contributed by atoms with Gasteiger partial charge >= 0.3 is 12.4 Å². The number of amidine groups is 1. The number of nitrogens with zero attached hydrogens (tertiary/aromatic N) is 2. The third-order valence-corrected chi connectivity index (χ3v) is 4.38. The highest BCUT2D eigenvalue weighted by molar-refractivity contribution is 6.21. The predicted molar refractivity (Wildman–Crippen MR) is 96.6 cm³/mol. The number of nitrogens with two attached hydrogens (primary N) is 1. The van der Waals surface area contributed by atoms with Crippen LogP contribution in [-0.2, 0) is 4.79 Å². The van der Waals surface area contributed by atoms with Gasteiger partial charge < -0.3 is 15.8 Å². The molecular formula is C18H16F3N5O3. The number of imide groups is 1. The van der Waals surface area contributed by atoms with E-state index in [4.69, 9.17) is 11.1 Å². The number of nitrogen functional groups attached to an aromatic ring is 1. The first-order chi connectivity index (χ1) is 13.6. The van der Waals surface area contributed by atoms with Gasteiger partial charge in [-0.25, -0.2) is 9.69 Å². The monoisotopic (exact) mass is 407 g/mol. The number of alkyl halides is 3. The third-order valence-electron chi connectivity index (χ3n) is 4.38. The lowest BCUT2D eigenvalue weighted by Crippen LogP contribution is -2.35. The summed E-state index contributed by atoms with van der Waals surface area (Å²) >= 11 is 0. The van der Waals surface area contributed by atoms with Gasteiger partial charge in [0.25, 0.3) is 5.91 Å². The molecule has 0 spiro atoms. The number of anilines is 1. The number of hydrogen-bond acceptors (Lipinski definition) is 5. The lowest BCUT2D eigenvalue weighted by Gasteiger charge is -2.19. The summed E-state index contributed by atoms with van der Waals surface area (Å²) in [6.07, 6.45) is -3.40. The number of nitrogens with one attached hydrogen (secondary N) is 2. The molecule has 1 aromatic carbocycles. The highest BCUT2D eigenvalue weighted by Crippen LogP contribution is 2.30. The van der Waals surface area contributed by atoms with Gasteiger partial charge in [0.05, 0.1) is 5.69 Å². The minimum absolute atomic E-state index is 0.107. The van der Waals surface area contributed by atoms with Crippen molar-refractivity contribution in [2.24, 2.45) is 5.73 Å². The summed E-state index contributed by atoms with van der Waals surface area (Å²) in [6, 6.07) is 6.00. The van der Waals surface area contributed by atoms with Crippen LogP contribution < -0.4 is 20.7 Å². The molecule has 3 rings (SSSR count). The van der Waals surface area contributed by atoms with E-state index in [9.17, 15) is 22.8 Å². The molecule has 2 atom stereocenters. The zero-order valence-electron chi connectivity index (χ0n) is 15.0. The molecule has 1 aliphatic rings. The molecule has 1 saturated heterocycles. The Labute approximate surface area is 163 Å². The van der Waals surface area contributed by atoms with Crippen LogP contribution in [0.4, 0.5) is 23.7 Å². The number of carbonyl (C=O) groups is 2. The first kappa shape index (κ1) is 20.1. The summed E-state index contributed by atoms with van der Waals surface area (Å²) < 4.78 is 40.6. The average molecular weight is 407 g/mol. The molecule has 11 heteroatoms. The van der Waals surface area contributed by atoms with E-state index in [-0.39, 0.29) is 17.2 Å². The van der Waals surface area contributed by atoms with Gasteiger partial charge in [0.2, 0.25) is 0 Å². The molecule has 0 bridgehead atoms. The molecule has 2 aromatic rings. The summed E-state index contributed by atoms with van der Waals surface area (Å²) in [7, 11) is 0. The van der Waals surface area contributed by atoms with Gasteiger partial charge in [-0.05, 0) is 42.0 Å². The van der Waals surface area contributed by atoms with Crippen molar-refractivity contribution in [3.05, 3.63) is 53.9 Å². The number of halogens is 3. The van der Waals surface area contributed by atoms with Crippen LogP contribution in [0.3, 0.4) is 0 Å². The smallest absolute Gasteiger partial charge is 0.406 e. The maximum absolute atomic E-state index is 12.8. The normalized spacial score (nSPS) is 17.8. The molecule has 29 heavy (non-hydrogen) atoms. The second kappa shape index (κ2) is 7.41. The molecule has 8 nitrogen and oxygen atoms in total. The molecule has 0 saturated carbocycles. The molecule has 152 valence electrons. The summed E-state index contributed by atoms with van der Waals surface area (Å²) in [5, 5.41) is 10.0. The Balaban J connectivity index is 1.81. The van der Waals surface area contributed by atoms with E-state index in [0.717, 1.165) is 17.0 Å². The second-order valence-electron chi connectivity index (χ2n) is 6.32. The number of urea groups is 1. The highest BCUT2D eigenvalue weighted by Gasteiger charge is 2.42. The maximum Gasteiger partial charge on any atom is 0.573 e. The fourth-order valence-corrected chi connectivity index (χ4v) is 2.95. The first-order valence-corrected chi connectivity index (χ1v) is 8.37. The van der Waals surface area contributed by atoms with E-state index >= 15 is 0 Å². The van der Waals surface area contributed by atoms with Crippen LogP contribution in [0.5, 0.6) is 5.75 Å². The number of ether oxygens (including phenoxy) is 1. The Morgan fingerprint density at radius 3 is 2.52 bits per heavy atom. The van der Waals surface area contributed by atoms with Crippen LogP contribution in [0.2, 0.25) is 0 Å². The summed E-state index contributed by atoms with van der Waals surface area (Å²) in [4.78, 5) is 30.0. The van der Waals surface area contributed by atoms with E-state index in [2.05, 4.69) is 15.0 Å². The largest absolute Gasteiger partial charge is 0.573 e. The summed E-state index contributed by atoms with van der Waals surface area (Å²) in [5.41, 5.74) is 6.41. The third kappa shape index (κ3) is 4.28. The number of rotatable bonds is 5. The topological polar surface area (TPSA) is 121 Å². The van der Waals surface area contributed by atoms with Crippen molar-refractivity contribution in [2.45, 2.75) is 25.2 Å². The Morgan fingerprint density at radius 1 is 1.28 bits per heavy atom. The van der Waals surface area contributed by atoms with Crippen molar-refractivity contribution < 1.29 is 27.5 Å². The number of pyridine rings is 1. The molecule has 2 heterocycles. The number of hydrogen-bond donors (Lipinski definition) is 3. The Bertz CT molecular complexity index is 962. The molecule has 1 fully saturated rings. The van der Waals surface area contributed by atoms with Crippen LogP contribution >= 0.6 is 0 Å². The fourth-order valence-electron chi connectivity index (χ4n) is 2.95. The van der Waals surface area contributed by atoms with Gasteiger partial charge in [-0.15, -0.1) is 13.2 Å². The first-order valence-electron chi connectivity index (χ1n) is 8.37. The SMILES string of the molecule is CC(c1ccnc(C(=N)N)c1)C1NC(=O)N(c2ccc(OC(F)(F)F)cc2)C1=O. The maximum atomic E-state index is 12.8. The molecule has 1 aromatic heterocycles. The molecule has 0 aliphatic carbocycles. The Morgan fingerprint density at radius 2 is 1.93 bits per heavy atom. The number of carbonyl (C=O) groups excluding carboxylic acids is 2. The van der Waals surface area contributed by atoms with Crippen molar-refractivity contribution in [2.75, 3.05) is 4.90 Å². The van der Waals surface area contributed by atoms with Gasteiger partial charge in [-0.2, -0.15) is 0 Å². The zero-order valence-corrected chi connectivity index (χ0v) is 15.0. The van der Waals surface area contributed by atoms with E-state index in [1.807, 2.05) is 0 Å². The number of amides is 3. The van der Waals surface area contributed by atoms with Crippen molar-refractivity contribution in [3.8, 4) is 5.75 Å². The van der Waals surface area contributed by atoms with Crippen LogP contribution in [-0.4, -0.2) is 35.2 Å². The van der Waals surface area contributed by atoms with Gasteiger partial charge in [0.15, 0.2) is 0 Å². The molecule has 4 N–H and O–H groups in total. The lowest BCUT2D eigenvalue weighted by molar-refractivity contribution is -0.274. The van der Waals surface area contributed by atoms with Crippen molar-refractivity contribution >= 4 is 23.5 Å². The van der Waals surface area contributed by atoms with Crippen molar-refractivity contribution in [1.82, 2.24) is 10.3 Å². The van der Waals surface area contributed by atoms with Gasteiger partial charge in [-0.3, -0.25) is 15.2 Å². The van der Waals surface area contributed by atoms with Crippen LogP contribution in [0.1, 0.15) is 24.1 Å². The fraction of sp³-hybridized carbons (Fsp3) is 0.222. The second-order valence-corrected chi connectivity index (χ2v) is 6.32. The van der Waals surface area contributed by atoms with Gasteiger partial charge in [0, 0.05) is 12.1 Å². The van der Waals surface area contributed by atoms with Crippen LogP contribution in [0.15, 0.2) is 42.6 Å². The van der Waals surface area contributed by atoms with E-state index < -0.39 is 36.0 Å². The molecule has 3 amide bonds. The lowest BCUT2D eigenvalue weighted by atomic mass is 9.93. The minimum Gasteiger partial charge on any atom is -0.406 e. The average Bonchev–Trinajstić information content (AvgIpc) is 2.95. The molecule has 2 unspecified atom stereocenters. The van der Waals surface area contributed by atoms with Gasteiger partial charge in [-0.1, -0.05) is 6.92 Å². The molecule has 0 radical (unpaired) electrons. The van der Waals surface area contributed by atoms with E-state index in [1.54, 1.807) is 19.1 Å². The number of aromatic nitrogens is 1. The summed E-state index contributed by atoms with van der Waals surface area (Å²) in [5.74, 6) is -1.73. The summed E-state index contributed by atoms with van der Waals surface area (Å²) in [6.45, 7) is 1.71. The van der Waals surface area contributed by atoms with E-state index in [1.165, 1.54) is 18.3 Å². The molecular weight excluding hydrogens is 391 g/mol. The van der Waals surface area contributed by atoms with E-state index in [0.29, 0.717) is 5.56 Å².